The van der Waals surface area contributed by atoms with E-state index >= 15 is 0 Å². The van der Waals surface area contributed by atoms with Crippen LogP contribution in [0.1, 0.15) is 35.7 Å². The van der Waals surface area contributed by atoms with Gasteiger partial charge in [-0.05, 0) is 35.7 Å². The largest absolute Gasteiger partial charge is 0.507 e. The van der Waals surface area contributed by atoms with Gasteiger partial charge in [-0.2, -0.15) is 0 Å². The molecular formula is C16H16O3. The van der Waals surface area contributed by atoms with E-state index in [1.165, 1.54) is 17.7 Å². The van der Waals surface area contributed by atoms with E-state index in [9.17, 15) is 9.90 Å². The van der Waals surface area contributed by atoms with Crippen LogP contribution in [-0.2, 0) is 0 Å². The fourth-order valence-corrected chi connectivity index (χ4v) is 1.73. The Kier molecular flexibility index (Phi) is 3.85. The minimum Gasteiger partial charge on any atom is -0.507 e. The van der Waals surface area contributed by atoms with E-state index in [2.05, 4.69) is 13.8 Å². The summed E-state index contributed by atoms with van der Waals surface area (Å²) in [7, 11) is 0. The number of carbonyl (C=O) groups excluding carboxylic acids is 1. The van der Waals surface area contributed by atoms with Crippen molar-refractivity contribution < 1.29 is 14.6 Å². The first-order valence-corrected chi connectivity index (χ1v) is 6.18. The second-order valence-electron chi connectivity index (χ2n) is 4.63. The molecule has 0 aromatic heterocycles. The highest BCUT2D eigenvalue weighted by Crippen LogP contribution is 2.21. The van der Waals surface area contributed by atoms with Crippen molar-refractivity contribution in [2.45, 2.75) is 19.8 Å². The normalized spacial score (nSPS) is 10.5. The van der Waals surface area contributed by atoms with E-state index < -0.39 is 5.97 Å². The number of hydrogen-bond acceptors (Lipinski definition) is 3. The van der Waals surface area contributed by atoms with E-state index in [1.54, 1.807) is 24.3 Å². The van der Waals surface area contributed by atoms with Crippen molar-refractivity contribution in [3.8, 4) is 11.5 Å². The van der Waals surface area contributed by atoms with Gasteiger partial charge in [0.15, 0.2) is 0 Å². The van der Waals surface area contributed by atoms with Crippen molar-refractivity contribution in [1.29, 1.82) is 0 Å². The number of benzene rings is 2. The number of phenols is 1. The summed E-state index contributed by atoms with van der Waals surface area (Å²) >= 11 is 0. The molecule has 0 fully saturated rings. The van der Waals surface area contributed by atoms with Gasteiger partial charge in [0.25, 0.3) is 0 Å². The highest BCUT2D eigenvalue weighted by atomic mass is 16.5. The van der Waals surface area contributed by atoms with Crippen molar-refractivity contribution in [2.75, 3.05) is 0 Å². The molecule has 3 nitrogen and oxygen atoms in total. The molecular weight excluding hydrogens is 240 g/mol. The fourth-order valence-electron chi connectivity index (χ4n) is 1.73. The zero-order valence-electron chi connectivity index (χ0n) is 11.0. The molecule has 19 heavy (non-hydrogen) atoms. The lowest BCUT2D eigenvalue weighted by molar-refractivity contribution is 0.0731. The third-order valence-electron chi connectivity index (χ3n) is 2.88. The van der Waals surface area contributed by atoms with Gasteiger partial charge in [0.05, 0.1) is 0 Å². The van der Waals surface area contributed by atoms with Crippen molar-refractivity contribution in [2.24, 2.45) is 0 Å². The second kappa shape index (κ2) is 5.57. The Morgan fingerprint density at radius 2 is 1.68 bits per heavy atom. The summed E-state index contributed by atoms with van der Waals surface area (Å²) in [6, 6.07) is 13.7. The smallest absolute Gasteiger partial charge is 0.347 e. The summed E-state index contributed by atoms with van der Waals surface area (Å²) < 4.78 is 5.22. The average molecular weight is 256 g/mol. The third-order valence-corrected chi connectivity index (χ3v) is 2.88. The number of aromatic hydroxyl groups is 1. The van der Waals surface area contributed by atoms with Crippen molar-refractivity contribution in [3.63, 3.8) is 0 Å². The molecule has 0 saturated heterocycles. The topological polar surface area (TPSA) is 46.5 Å². The predicted molar refractivity (Wildman–Crippen MR) is 73.6 cm³/mol. The van der Waals surface area contributed by atoms with Gasteiger partial charge in [-0.3, -0.25) is 0 Å². The number of para-hydroxylation sites is 1. The average Bonchev–Trinajstić information content (AvgIpc) is 2.39. The number of rotatable bonds is 3. The maximum absolute atomic E-state index is 11.9. The molecule has 3 heteroatoms. The van der Waals surface area contributed by atoms with Gasteiger partial charge in [-0.25, -0.2) is 4.79 Å². The summed E-state index contributed by atoms with van der Waals surface area (Å²) in [6.07, 6.45) is 0. The molecule has 0 aliphatic heterocycles. The highest BCUT2D eigenvalue weighted by molar-refractivity contribution is 5.93. The molecule has 0 bridgehead atoms. The minimum absolute atomic E-state index is 0.0775. The molecule has 0 unspecified atom stereocenters. The van der Waals surface area contributed by atoms with Gasteiger partial charge in [0.1, 0.15) is 17.1 Å². The molecule has 0 heterocycles. The molecule has 0 atom stereocenters. The molecule has 1 N–H and O–H groups in total. The zero-order chi connectivity index (χ0) is 13.8. The SMILES string of the molecule is CC(C)c1ccc(OC(=O)c2ccccc2O)cc1. The van der Waals surface area contributed by atoms with E-state index in [0.29, 0.717) is 11.7 Å². The first-order chi connectivity index (χ1) is 9.08. The molecule has 2 rings (SSSR count). The standard InChI is InChI=1S/C16H16O3/c1-11(2)12-7-9-13(10-8-12)19-16(18)14-5-3-4-6-15(14)17/h3-11,17H,1-2H3. The summed E-state index contributed by atoms with van der Waals surface area (Å²) in [6.45, 7) is 4.20. The molecule has 2 aromatic rings. The van der Waals surface area contributed by atoms with Crippen LogP contribution in [-0.4, -0.2) is 11.1 Å². The molecule has 0 radical (unpaired) electrons. The van der Waals surface area contributed by atoms with E-state index in [0.717, 1.165) is 0 Å². The van der Waals surface area contributed by atoms with E-state index in [4.69, 9.17) is 4.74 Å². The zero-order valence-corrected chi connectivity index (χ0v) is 11.0. The van der Waals surface area contributed by atoms with Crippen molar-refractivity contribution in [3.05, 3.63) is 59.7 Å². The first kappa shape index (κ1) is 13.1. The van der Waals surface area contributed by atoms with Gasteiger partial charge in [-0.1, -0.05) is 38.1 Å². The van der Waals surface area contributed by atoms with E-state index in [-0.39, 0.29) is 11.3 Å². The number of carbonyl (C=O) groups is 1. The lowest BCUT2D eigenvalue weighted by atomic mass is 10.0. The van der Waals surface area contributed by atoms with Gasteiger partial charge in [0, 0.05) is 0 Å². The fraction of sp³-hybridized carbons (Fsp3) is 0.188. The minimum atomic E-state index is -0.560. The van der Waals surface area contributed by atoms with Gasteiger partial charge >= 0.3 is 5.97 Å². The van der Waals surface area contributed by atoms with Crippen LogP contribution in [0.3, 0.4) is 0 Å². The maximum Gasteiger partial charge on any atom is 0.347 e. The van der Waals surface area contributed by atoms with Crippen molar-refractivity contribution in [1.82, 2.24) is 0 Å². The highest BCUT2D eigenvalue weighted by Gasteiger charge is 2.12. The van der Waals surface area contributed by atoms with Crippen LogP contribution in [0.5, 0.6) is 11.5 Å². The van der Waals surface area contributed by atoms with Crippen molar-refractivity contribution >= 4 is 5.97 Å². The Balaban J connectivity index is 2.13. The molecule has 0 aliphatic carbocycles. The Morgan fingerprint density at radius 3 is 2.26 bits per heavy atom. The molecule has 0 aliphatic rings. The van der Waals surface area contributed by atoms with Crippen LogP contribution in [0, 0.1) is 0 Å². The molecule has 2 aromatic carbocycles. The second-order valence-corrected chi connectivity index (χ2v) is 4.63. The Labute approximate surface area is 112 Å². The van der Waals surface area contributed by atoms with Crippen LogP contribution in [0.15, 0.2) is 48.5 Å². The molecule has 98 valence electrons. The van der Waals surface area contributed by atoms with Crippen LogP contribution in [0.4, 0.5) is 0 Å². The first-order valence-electron chi connectivity index (χ1n) is 6.18. The summed E-state index contributed by atoms with van der Waals surface area (Å²) in [4.78, 5) is 11.9. The molecule has 0 amide bonds. The Bertz CT molecular complexity index is 571. The predicted octanol–water partition coefficient (Wildman–Crippen LogP) is 3.73. The number of esters is 1. The maximum atomic E-state index is 11.9. The van der Waals surface area contributed by atoms with Gasteiger partial charge < -0.3 is 9.84 Å². The molecule has 0 saturated carbocycles. The summed E-state index contributed by atoms with van der Waals surface area (Å²) in [5.74, 6) is 0.266. The van der Waals surface area contributed by atoms with Gasteiger partial charge in [-0.15, -0.1) is 0 Å². The third kappa shape index (κ3) is 3.13. The number of hydrogen-bond donors (Lipinski definition) is 1. The van der Waals surface area contributed by atoms with Crippen LogP contribution in [0.25, 0.3) is 0 Å². The Morgan fingerprint density at radius 1 is 1.05 bits per heavy atom. The number of phenolic OH excluding ortho intramolecular Hbond substituents is 1. The summed E-state index contributed by atoms with van der Waals surface area (Å²) in [5, 5.41) is 9.58. The summed E-state index contributed by atoms with van der Waals surface area (Å²) in [5.41, 5.74) is 1.35. The Hall–Kier alpha value is -2.29. The van der Waals surface area contributed by atoms with E-state index in [1.807, 2.05) is 12.1 Å². The van der Waals surface area contributed by atoms with Gasteiger partial charge in [0.2, 0.25) is 0 Å². The monoisotopic (exact) mass is 256 g/mol. The number of ether oxygens (including phenoxy) is 1. The lowest BCUT2D eigenvalue weighted by Gasteiger charge is -2.08. The van der Waals surface area contributed by atoms with Crippen LogP contribution < -0.4 is 4.74 Å². The lowest BCUT2D eigenvalue weighted by Crippen LogP contribution is -2.08. The van der Waals surface area contributed by atoms with Crippen LogP contribution in [0.2, 0.25) is 0 Å². The van der Waals surface area contributed by atoms with Crippen LogP contribution >= 0.6 is 0 Å². The quantitative estimate of drug-likeness (QED) is 0.672. The molecule has 0 spiro atoms.